The number of carbonyl (C=O) groups excluding carboxylic acids is 1. The molecule has 7 heteroatoms. The summed E-state index contributed by atoms with van der Waals surface area (Å²) in [4.78, 5) is 26.2. The lowest BCUT2D eigenvalue weighted by atomic mass is 10.1. The summed E-state index contributed by atoms with van der Waals surface area (Å²) >= 11 is 1.36. The maximum Gasteiger partial charge on any atom is 0.234 e. The molecule has 1 aliphatic heterocycles. The van der Waals surface area contributed by atoms with E-state index in [9.17, 15) is 4.79 Å². The molecule has 4 rings (SSSR count). The average Bonchev–Trinajstić information content (AvgIpc) is 2.79. The first-order valence-electron chi connectivity index (χ1n) is 11.3. The molecule has 1 saturated heterocycles. The van der Waals surface area contributed by atoms with Crippen molar-refractivity contribution in [1.29, 1.82) is 0 Å². The molecular weight excluding hydrogens is 430 g/mol. The van der Waals surface area contributed by atoms with E-state index >= 15 is 0 Å². The van der Waals surface area contributed by atoms with Gasteiger partial charge in [0.15, 0.2) is 5.16 Å². The molecule has 1 aromatic heterocycles. The van der Waals surface area contributed by atoms with E-state index in [-0.39, 0.29) is 11.7 Å². The Labute approximate surface area is 200 Å². The standard InChI is InChI=1S/C26H31N5OS/c1-18-5-6-21(4)23(16-18)30-9-11-31(12-10-30)24-7-8-27-26(29-24)33-17-25(32)28-22-14-19(2)13-20(3)15-22/h5-8,13-16H,9-12,17H2,1-4H3,(H,28,32). The van der Waals surface area contributed by atoms with Gasteiger partial charge in [0.1, 0.15) is 5.82 Å². The molecule has 0 aliphatic carbocycles. The zero-order valence-corrected chi connectivity index (χ0v) is 20.6. The van der Waals surface area contributed by atoms with Gasteiger partial charge < -0.3 is 15.1 Å². The minimum absolute atomic E-state index is 0.0545. The van der Waals surface area contributed by atoms with E-state index in [1.54, 1.807) is 6.20 Å². The van der Waals surface area contributed by atoms with Crippen molar-refractivity contribution in [2.75, 3.05) is 47.0 Å². The van der Waals surface area contributed by atoms with Crippen molar-refractivity contribution >= 4 is 34.9 Å². The van der Waals surface area contributed by atoms with Crippen molar-refractivity contribution in [3.8, 4) is 0 Å². The van der Waals surface area contributed by atoms with Crippen LogP contribution in [0, 0.1) is 27.7 Å². The van der Waals surface area contributed by atoms with E-state index in [1.165, 1.54) is 28.6 Å². The topological polar surface area (TPSA) is 61.4 Å². The van der Waals surface area contributed by atoms with E-state index in [1.807, 2.05) is 32.0 Å². The van der Waals surface area contributed by atoms with E-state index in [0.29, 0.717) is 5.16 Å². The number of hydrogen-bond acceptors (Lipinski definition) is 6. The second-order valence-corrected chi connectivity index (χ2v) is 9.62. The van der Waals surface area contributed by atoms with Gasteiger partial charge in [0, 0.05) is 43.8 Å². The van der Waals surface area contributed by atoms with Gasteiger partial charge in [-0.3, -0.25) is 4.79 Å². The summed E-state index contributed by atoms with van der Waals surface area (Å²) < 4.78 is 0. The number of amides is 1. The SMILES string of the molecule is Cc1cc(C)cc(NC(=O)CSc2nccc(N3CCN(c4cc(C)ccc4C)CC3)n2)c1. The molecule has 1 amide bonds. The fraction of sp³-hybridized carbons (Fsp3) is 0.346. The van der Waals surface area contributed by atoms with Crippen LogP contribution >= 0.6 is 11.8 Å². The highest BCUT2D eigenvalue weighted by atomic mass is 32.2. The number of hydrogen-bond donors (Lipinski definition) is 1. The molecule has 1 aliphatic rings. The molecule has 1 N–H and O–H groups in total. The first-order chi connectivity index (χ1) is 15.9. The Bertz CT molecular complexity index is 1120. The van der Waals surface area contributed by atoms with Crippen LogP contribution in [-0.2, 0) is 4.79 Å². The summed E-state index contributed by atoms with van der Waals surface area (Å²) in [7, 11) is 0. The van der Waals surface area contributed by atoms with Crippen molar-refractivity contribution in [3.05, 3.63) is 70.9 Å². The Morgan fingerprint density at radius 3 is 2.33 bits per heavy atom. The Morgan fingerprint density at radius 2 is 1.61 bits per heavy atom. The molecule has 2 heterocycles. The summed E-state index contributed by atoms with van der Waals surface area (Å²) in [6.45, 7) is 12.1. The zero-order valence-electron chi connectivity index (χ0n) is 19.8. The number of aryl methyl sites for hydroxylation is 4. The molecule has 2 aromatic carbocycles. The molecule has 172 valence electrons. The van der Waals surface area contributed by atoms with Crippen LogP contribution in [0.2, 0.25) is 0 Å². The van der Waals surface area contributed by atoms with Gasteiger partial charge in [0.2, 0.25) is 5.91 Å². The van der Waals surface area contributed by atoms with Crippen LogP contribution < -0.4 is 15.1 Å². The fourth-order valence-electron chi connectivity index (χ4n) is 4.19. The first-order valence-corrected chi connectivity index (χ1v) is 12.3. The van der Waals surface area contributed by atoms with Gasteiger partial charge >= 0.3 is 0 Å². The van der Waals surface area contributed by atoms with Gasteiger partial charge in [-0.25, -0.2) is 9.97 Å². The van der Waals surface area contributed by atoms with E-state index in [2.05, 4.69) is 58.2 Å². The average molecular weight is 462 g/mol. The molecule has 0 unspecified atom stereocenters. The second kappa shape index (κ2) is 10.3. The number of rotatable bonds is 6. The Hall–Kier alpha value is -3.06. The van der Waals surface area contributed by atoms with Crippen LogP contribution in [0.15, 0.2) is 53.8 Å². The highest BCUT2D eigenvalue weighted by molar-refractivity contribution is 7.99. The van der Waals surface area contributed by atoms with Crippen LogP contribution in [0.25, 0.3) is 0 Å². The van der Waals surface area contributed by atoms with Crippen molar-refractivity contribution in [2.24, 2.45) is 0 Å². The van der Waals surface area contributed by atoms with Gasteiger partial charge in [-0.1, -0.05) is 30.0 Å². The number of thioether (sulfide) groups is 1. The molecule has 0 radical (unpaired) electrons. The minimum atomic E-state index is -0.0545. The number of piperazine rings is 1. The molecule has 0 saturated carbocycles. The third-order valence-electron chi connectivity index (χ3n) is 5.77. The van der Waals surface area contributed by atoms with Crippen LogP contribution in [0.4, 0.5) is 17.2 Å². The predicted octanol–water partition coefficient (Wildman–Crippen LogP) is 4.77. The predicted molar refractivity (Wildman–Crippen MR) is 138 cm³/mol. The van der Waals surface area contributed by atoms with Gasteiger partial charge in [-0.15, -0.1) is 0 Å². The van der Waals surface area contributed by atoms with Crippen LogP contribution in [0.5, 0.6) is 0 Å². The van der Waals surface area contributed by atoms with Crippen LogP contribution in [0.1, 0.15) is 22.3 Å². The summed E-state index contributed by atoms with van der Waals surface area (Å²) in [6, 6.07) is 14.6. The molecule has 0 spiro atoms. The maximum absolute atomic E-state index is 12.4. The van der Waals surface area contributed by atoms with Crippen molar-refractivity contribution in [3.63, 3.8) is 0 Å². The second-order valence-electron chi connectivity index (χ2n) is 8.67. The number of benzene rings is 2. The molecular formula is C26H31N5OS. The number of nitrogens with one attached hydrogen (secondary N) is 1. The summed E-state index contributed by atoms with van der Waals surface area (Å²) in [5.41, 5.74) is 7.02. The van der Waals surface area contributed by atoms with Crippen molar-refractivity contribution in [2.45, 2.75) is 32.9 Å². The minimum Gasteiger partial charge on any atom is -0.368 e. The lowest BCUT2D eigenvalue weighted by molar-refractivity contribution is -0.113. The smallest absolute Gasteiger partial charge is 0.234 e. The van der Waals surface area contributed by atoms with Crippen LogP contribution in [-0.4, -0.2) is 47.8 Å². The monoisotopic (exact) mass is 461 g/mol. The molecule has 0 atom stereocenters. The first kappa shape index (κ1) is 23.1. The van der Waals surface area contributed by atoms with Crippen molar-refractivity contribution in [1.82, 2.24) is 9.97 Å². The molecule has 1 fully saturated rings. The molecule has 0 bridgehead atoms. The highest BCUT2D eigenvalue weighted by Crippen LogP contribution is 2.25. The zero-order chi connectivity index (χ0) is 23.4. The Kier molecular flexibility index (Phi) is 7.18. The van der Waals surface area contributed by atoms with Crippen molar-refractivity contribution < 1.29 is 4.79 Å². The lowest BCUT2D eigenvalue weighted by Crippen LogP contribution is -2.47. The third kappa shape index (κ3) is 6.05. The number of carbonyl (C=O) groups is 1. The molecule has 33 heavy (non-hydrogen) atoms. The Morgan fingerprint density at radius 1 is 0.909 bits per heavy atom. The number of aromatic nitrogens is 2. The molecule has 3 aromatic rings. The summed E-state index contributed by atoms with van der Waals surface area (Å²) in [6.07, 6.45) is 1.78. The fourth-order valence-corrected chi connectivity index (χ4v) is 4.81. The third-order valence-corrected chi connectivity index (χ3v) is 6.63. The number of nitrogens with zero attached hydrogens (tertiary/aromatic N) is 4. The summed E-state index contributed by atoms with van der Waals surface area (Å²) in [5.74, 6) is 1.14. The largest absolute Gasteiger partial charge is 0.368 e. The normalized spacial score (nSPS) is 13.8. The quantitative estimate of drug-likeness (QED) is 0.422. The highest BCUT2D eigenvalue weighted by Gasteiger charge is 2.20. The van der Waals surface area contributed by atoms with Crippen LogP contribution in [0.3, 0.4) is 0 Å². The number of anilines is 3. The van der Waals surface area contributed by atoms with Gasteiger partial charge in [0.05, 0.1) is 5.75 Å². The summed E-state index contributed by atoms with van der Waals surface area (Å²) in [5, 5.41) is 3.59. The Balaban J connectivity index is 1.32. The van der Waals surface area contributed by atoms with E-state index in [4.69, 9.17) is 4.98 Å². The van der Waals surface area contributed by atoms with Gasteiger partial charge in [-0.05, 0) is 74.2 Å². The van der Waals surface area contributed by atoms with E-state index < -0.39 is 0 Å². The molecule has 6 nitrogen and oxygen atoms in total. The maximum atomic E-state index is 12.4. The van der Waals surface area contributed by atoms with Gasteiger partial charge in [-0.2, -0.15) is 0 Å². The lowest BCUT2D eigenvalue weighted by Gasteiger charge is -2.37. The van der Waals surface area contributed by atoms with E-state index in [0.717, 1.165) is 48.8 Å². The van der Waals surface area contributed by atoms with Gasteiger partial charge in [0.25, 0.3) is 0 Å².